The average molecular weight is 234 g/mol. The second-order valence-corrected chi connectivity index (χ2v) is 4.47. The maximum absolute atomic E-state index is 4.29. The van der Waals surface area contributed by atoms with E-state index >= 15 is 0 Å². The summed E-state index contributed by atoms with van der Waals surface area (Å²) in [5.41, 5.74) is 2.91. The minimum atomic E-state index is 0.351. The van der Waals surface area contributed by atoms with Gasteiger partial charge in [0.1, 0.15) is 0 Å². The highest BCUT2D eigenvalue weighted by Gasteiger charge is 2.14. The molecule has 0 unspecified atom stereocenters. The third-order valence-electron chi connectivity index (χ3n) is 2.25. The van der Waals surface area contributed by atoms with Gasteiger partial charge in [0.2, 0.25) is 5.95 Å². The first-order valence-corrected chi connectivity index (χ1v) is 6.12. The molecule has 0 bridgehead atoms. The van der Waals surface area contributed by atoms with Crippen molar-refractivity contribution in [3.63, 3.8) is 0 Å². The zero-order chi connectivity index (χ0) is 11.4. The molecule has 84 valence electrons. The van der Waals surface area contributed by atoms with Crippen molar-refractivity contribution in [2.45, 2.75) is 26.4 Å². The third-order valence-corrected chi connectivity index (χ3v) is 2.88. The molecule has 2 heterocycles. The van der Waals surface area contributed by atoms with Crippen molar-refractivity contribution in [2.75, 3.05) is 4.90 Å². The number of rotatable bonds is 4. The Kier molecular flexibility index (Phi) is 3.46. The predicted molar refractivity (Wildman–Crippen MR) is 65.5 cm³/mol. The predicted octanol–water partition coefficient (Wildman–Crippen LogP) is 2.35. The fraction of sp³-hybridized carbons (Fsp3) is 0.364. The molecule has 16 heavy (non-hydrogen) atoms. The van der Waals surface area contributed by atoms with Gasteiger partial charge in [-0.15, -0.1) is 11.3 Å². The van der Waals surface area contributed by atoms with E-state index in [1.54, 1.807) is 23.7 Å². The van der Waals surface area contributed by atoms with Gasteiger partial charge in [-0.3, -0.25) is 0 Å². The number of hydrogen-bond acceptors (Lipinski definition) is 5. The lowest BCUT2D eigenvalue weighted by Crippen LogP contribution is -2.31. The van der Waals surface area contributed by atoms with Crippen molar-refractivity contribution in [1.82, 2.24) is 15.0 Å². The molecule has 0 spiro atoms. The molecule has 0 aliphatic carbocycles. The van der Waals surface area contributed by atoms with Gasteiger partial charge < -0.3 is 4.90 Å². The van der Waals surface area contributed by atoms with E-state index in [0.29, 0.717) is 6.04 Å². The first-order valence-electron chi connectivity index (χ1n) is 5.18. The first kappa shape index (κ1) is 11.0. The normalized spacial score (nSPS) is 10.7. The van der Waals surface area contributed by atoms with Crippen molar-refractivity contribution < 1.29 is 0 Å². The summed E-state index contributed by atoms with van der Waals surface area (Å²) in [7, 11) is 0. The molecule has 0 N–H and O–H groups in total. The summed E-state index contributed by atoms with van der Waals surface area (Å²) < 4.78 is 0. The van der Waals surface area contributed by atoms with Crippen LogP contribution in [0.2, 0.25) is 0 Å². The van der Waals surface area contributed by atoms with Crippen molar-refractivity contribution in [3.05, 3.63) is 35.0 Å². The van der Waals surface area contributed by atoms with Crippen LogP contribution in [0.1, 0.15) is 19.5 Å². The Hall–Kier alpha value is -1.49. The fourth-order valence-corrected chi connectivity index (χ4v) is 1.96. The quantitative estimate of drug-likeness (QED) is 0.814. The molecule has 2 rings (SSSR count). The first-order chi connectivity index (χ1) is 7.77. The molecule has 0 aliphatic rings. The van der Waals surface area contributed by atoms with E-state index < -0.39 is 0 Å². The maximum Gasteiger partial charge on any atom is 0.225 e. The lowest BCUT2D eigenvalue weighted by molar-refractivity contribution is 0.654. The van der Waals surface area contributed by atoms with Gasteiger partial charge in [0.05, 0.1) is 17.7 Å². The highest BCUT2D eigenvalue weighted by Crippen LogP contribution is 2.14. The second kappa shape index (κ2) is 5.03. The van der Waals surface area contributed by atoms with Crippen LogP contribution < -0.4 is 4.90 Å². The summed E-state index contributed by atoms with van der Waals surface area (Å²) in [6, 6.07) is 2.18. The summed E-state index contributed by atoms with van der Waals surface area (Å²) >= 11 is 1.61. The minimum absolute atomic E-state index is 0.351. The van der Waals surface area contributed by atoms with Gasteiger partial charge in [0.25, 0.3) is 0 Å². The molecule has 2 aromatic rings. The van der Waals surface area contributed by atoms with Crippen molar-refractivity contribution in [2.24, 2.45) is 0 Å². The number of hydrogen-bond donors (Lipinski definition) is 0. The van der Waals surface area contributed by atoms with Crippen LogP contribution in [0.4, 0.5) is 5.95 Å². The van der Waals surface area contributed by atoms with Gasteiger partial charge >= 0.3 is 0 Å². The fourth-order valence-electron chi connectivity index (χ4n) is 1.41. The Labute approximate surface area is 99.0 Å². The average Bonchev–Trinajstić information content (AvgIpc) is 2.79. The molecule has 0 atom stereocenters. The van der Waals surface area contributed by atoms with Crippen LogP contribution in [0.25, 0.3) is 0 Å². The molecule has 0 aliphatic heterocycles. The number of nitrogens with zero attached hydrogens (tertiary/aromatic N) is 4. The van der Waals surface area contributed by atoms with Crippen molar-refractivity contribution >= 4 is 17.3 Å². The zero-order valence-electron chi connectivity index (χ0n) is 9.37. The van der Waals surface area contributed by atoms with Gasteiger partial charge in [-0.25, -0.2) is 15.0 Å². The largest absolute Gasteiger partial charge is 0.332 e. The Balaban J connectivity index is 2.18. The van der Waals surface area contributed by atoms with Crippen LogP contribution in [0.5, 0.6) is 0 Å². The number of thiazole rings is 1. The van der Waals surface area contributed by atoms with Crippen LogP contribution in [0.3, 0.4) is 0 Å². The molecular formula is C11H14N4S. The van der Waals surface area contributed by atoms with Gasteiger partial charge in [-0.1, -0.05) is 0 Å². The van der Waals surface area contributed by atoms with E-state index in [-0.39, 0.29) is 0 Å². The molecule has 0 fully saturated rings. The molecule has 0 aromatic carbocycles. The Bertz CT molecular complexity index is 413. The Morgan fingerprint density at radius 2 is 2.00 bits per heavy atom. The lowest BCUT2D eigenvalue weighted by Gasteiger charge is -2.25. The van der Waals surface area contributed by atoms with Gasteiger partial charge in [0.15, 0.2) is 0 Å². The van der Waals surface area contributed by atoms with E-state index in [2.05, 4.69) is 39.1 Å². The third kappa shape index (κ3) is 2.55. The summed E-state index contributed by atoms with van der Waals surface area (Å²) in [5.74, 6) is 0.755. The van der Waals surface area contributed by atoms with Crippen LogP contribution in [-0.4, -0.2) is 21.0 Å². The molecular weight excluding hydrogens is 220 g/mol. The molecule has 2 aromatic heterocycles. The van der Waals surface area contributed by atoms with E-state index in [0.717, 1.165) is 18.2 Å². The molecule has 0 amide bonds. The topological polar surface area (TPSA) is 41.9 Å². The minimum Gasteiger partial charge on any atom is -0.332 e. The molecule has 5 heteroatoms. The van der Waals surface area contributed by atoms with Gasteiger partial charge in [-0.2, -0.15) is 0 Å². The van der Waals surface area contributed by atoms with Gasteiger partial charge in [-0.05, 0) is 19.9 Å². The molecule has 0 radical (unpaired) electrons. The maximum atomic E-state index is 4.29. The van der Waals surface area contributed by atoms with E-state index in [1.807, 2.05) is 11.6 Å². The highest BCUT2D eigenvalue weighted by molar-refractivity contribution is 7.07. The summed E-state index contributed by atoms with van der Waals surface area (Å²) in [6.45, 7) is 5.01. The zero-order valence-corrected chi connectivity index (χ0v) is 10.2. The van der Waals surface area contributed by atoms with E-state index in [1.165, 1.54) is 0 Å². The summed E-state index contributed by atoms with van der Waals surface area (Å²) in [4.78, 5) is 15.0. The standard InChI is InChI=1S/C11H14N4S/c1-9(2)15(6-10-7-16-8-14-10)11-12-4-3-5-13-11/h3-5,7-9H,6H2,1-2H3. The van der Waals surface area contributed by atoms with Crippen molar-refractivity contribution in [3.8, 4) is 0 Å². The second-order valence-electron chi connectivity index (χ2n) is 3.75. The smallest absolute Gasteiger partial charge is 0.225 e. The highest BCUT2D eigenvalue weighted by atomic mass is 32.1. The summed E-state index contributed by atoms with van der Waals surface area (Å²) in [5, 5.41) is 2.05. The van der Waals surface area contributed by atoms with E-state index in [9.17, 15) is 0 Å². The SMILES string of the molecule is CC(C)N(Cc1cscn1)c1ncccn1. The van der Waals surface area contributed by atoms with E-state index in [4.69, 9.17) is 0 Å². The van der Waals surface area contributed by atoms with Gasteiger partial charge in [0, 0.05) is 23.8 Å². The number of aromatic nitrogens is 3. The molecule has 0 saturated carbocycles. The number of anilines is 1. The Morgan fingerprint density at radius 1 is 1.25 bits per heavy atom. The van der Waals surface area contributed by atoms with Crippen molar-refractivity contribution in [1.29, 1.82) is 0 Å². The van der Waals surface area contributed by atoms with Crippen LogP contribution in [0, 0.1) is 0 Å². The molecule has 0 saturated heterocycles. The Morgan fingerprint density at radius 3 is 2.56 bits per heavy atom. The van der Waals surface area contributed by atoms with Crippen LogP contribution in [0.15, 0.2) is 29.4 Å². The summed E-state index contributed by atoms with van der Waals surface area (Å²) in [6.07, 6.45) is 3.53. The monoisotopic (exact) mass is 234 g/mol. The van der Waals surface area contributed by atoms with Crippen LogP contribution in [-0.2, 0) is 6.54 Å². The van der Waals surface area contributed by atoms with Crippen LogP contribution >= 0.6 is 11.3 Å². The molecule has 4 nitrogen and oxygen atoms in total. The lowest BCUT2D eigenvalue weighted by atomic mass is 10.3.